The molecular weight excluding hydrogens is 254 g/mol. The second kappa shape index (κ2) is 7.20. The zero-order chi connectivity index (χ0) is 13.5. The molecule has 0 fully saturated rings. The molecule has 0 rings (SSSR count). The van der Waals surface area contributed by atoms with Gasteiger partial charge in [-0.25, -0.2) is 8.42 Å². The first-order valence-corrected chi connectivity index (χ1v) is 6.35. The lowest BCUT2D eigenvalue weighted by molar-refractivity contribution is -0.144. The summed E-state index contributed by atoms with van der Waals surface area (Å²) in [4.78, 5) is 22.0. The van der Waals surface area contributed by atoms with Crippen LogP contribution >= 0.6 is 0 Å². The van der Waals surface area contributed by atoms with Crippen LogP contribution in [0.15, 0.2) is 0 Å². The Kier molecular flexibility index (Phi) is 6.69. The zero-order valence-corrected chi connectivity index (χ0v) is 10.3. The fourth-order valence-electron chi connectivity index (χ4n) is 0.918. The van der Waals surface area contributed by atoms with Crippen molar-refractivity contribution in [3.8, 4) is 0 Å². The number of esters is 2. The number of nitrogens with one attached hydrogen (secondary N) is 1. The average Bonchev–Trinajstić information content (AvgIpc) is 2.24. The molecule has 2 N–H and O–H groups in total. The van der Waals surface area contributed by atoms with Crippen LogP contribution in [0.5, 0.6) is 0 Å². The maximum absolute atomic E-state index is 11.4. The number of methoxy groups -OCH3 is 1. The number of rotatable bonds is 7. The first-order chi connectivity index (χ1) is 7.86. The highest BCUT2D eigenvalue weighted by Gasteiger charge is 2.26. The van der Waals surface area contributed by atoms with E-state index in [-0.39, 0.29) is 6.61 Å². The van der Waals surface area contributed by atoms with Gasteiger partial charge in [0.25, 0.3) is 0 Å². The molecule has 1 unspecified atom stereocenters. The normalized spacial score (nSPS) is 12.9. The lowest BCUT2D eigenvalue weighted by Crippen LogP contribution is -2.45. The monoisotopic (exact) mass is 269 g/mol. The number of hydrogen-bond acceptors (Lipinski definition) is 7. The third-order valence-corrected chi connectivity index (χ3v) is 2.86. The molecule has 0 aliphatic rings. The van der Waals surface area contributed by atoms with Gasteiger partial charge in [0.2, 0.25) is 10.0 Å². The van der Waals surface area contributed by atoms with Gasteiger partial charge in [-0.05, 0) is 6.92 Å². The Hall–Kier alpha value is -1.19. The van der Waals surface area contributed by atoms with E-state index in [0.717, 1.165) is 7.11 Å². The fraction of sp³-hybridized carbons (Fsp3) is 0.750. The molecule has 0 saturated carbocycles. The molecule has 0 bridgehead atoms. The van der Waals surface area contributed by atoms with E-state index in [2.05, 4.69) is 9.47 Å². The highest BCUT2D eigenvalue weighted by molar-refractivity contribution is 7.90. The van der Waals surface area contributed by atoms with E-state index in [9.17, 15) is 18.0 Å². The van der Waals surface area contributed by atoms with Gasteiger partial charge in [0.05, 0.1) is 20.3 Å². The van der Waals surface area contributed by atoms with Gasteiger partial charge in [0.1, 0.15) is 6.04 Å². The van der Waals surface area contributed by atoms with Crippen LogP contribution in [0.3, 0.4) is 0 Å². The molecule has 0 heterocycles. The van der Waals surface area contributed by atoms with Crippen molar-refractivity contribution in [1.82, 2.24) is 4.72 Å². The average molecular weight is 269 g/mol. The van der Waals surface area contributed by atoms with Crippen LogP contribution < -0.4 is 4.72 Å². The standard InChI is InChI=1S/C8H15NO7S/c1-3-16-7(11)5-17(13,14)9-6(4-10)8(12)15-2/h6,9-10H,3-5H2,1-2H3. The highest BCUT2D eigenvalue weighted by Crippen LogP contribution is 1.94. The molecule has 9 heteroatoms. The fourth-order valence-corrected chi connectivity index (χ4v) is 2.00. The van der Waals surface area contributed by atoms with E-state index in [4.69, 9.17) is 5.11 Å². The Morgan fingerprint density at radius 1 is 1.41 bits per heavy atom. The third-order valence-electron chi connectivity index (χ3n) is 1.60. The minimum atomic E-state index is -4.05. The molecule has 17 heavy (non-hydrogen) atoms. The number of hydrogen-bond donors (Lipinski definition) is 2. The van der Waals surface area contributed by atoms with E-state index in [1.807, 2.05) is 4.72 Å². The van der Waals surface area contributed by atoms with Crippen LogP contribution in [-0.4, -0.2) is 57.6 Å². The minimum Gasteiger partial charge on any atom is -0.468 e. The summed E-state index contributed by atoms with van der Waals surface area (Å²) in [6.07, 6.45) is 0. The summed E-state index contributed by atoms with van der Waals surface area (Å²) in [5, 5.41) is 8.78. The van der Waals surface area contributed by atoms with Gasteiger partial charge in [-0.2, -0.15) is 4.72 Å². The summed E-state index contributed by atoms with van der Waals surface area (Å²) in [5.74, 6) is -2.81. The SMILES string of the molecule is CCOC(=O)CS(=O)(=O)NC(CO)C(=O)OC. The van der Waals surface area contributed by atoms with Gasteiger partial charge in [-0.15, -0.1) is 0 Å². The van der Waals surface area contributed by atoms with Gasteiger partial charge < -0.3 is 14.6 Å². The number of ether oxygens (including phenoxy) is 2. The molecule has 0 aromatic carbocycles. The van der Waals surface area contributed by atoms with E-state index < -0.39 is 40.4 Å². The molecular formula is C8H15NO7S. The Morgan fingerprint density at radius 2 is 2.00 bits per heavy atom. The summed E-state index contributed by atoms with van der Waals surface area (Å²) in [6, 6.07) is -1.43. The molecule has 1 atom stereocenters. The summed E-state index contributed by atoms with van der Waals surface area (Å²) in [6.45, 7) is 0.812. The number of carbonyl (C=O) groups is 2. The molecule has 0 radical (unpaired) electrons. The van der Waals surface area contributed by atoms with Crippen molar-refractivity contribution in [2.45, 2.75) is 13.0 Å². The summed E-state index contributed by atoms with van der Waals surface area (Å²) in [5.41, 5.74) is 0. The Labute approximate surface area is 98.9 Å². The largest absolute Gasteiger partial charge is 0.468 e. The van der Waals surface area contributed by atoms with Gasteiger partial charge in [0, 0.05) is 0 Å². The molecule has 0 aromatic heterocycles. The highest BCUT2D eigenvalue weighted by atomic mass is 32.2. The first kappa shape index (κ1) is 15.8. The third kappa shape index (κ3) is 6.19. The van der Waals surface area contributed by atoms with Crippen LogP contribution in [0.1, 0.15) is 6.92 Å². The van der Waals surface area contributed by atoms with Crippen molar-refractivity contribution in [1.29, 1.82) is 0 Å². The molecule has 0 aliphatic carbocycles. The Bertz CT molecular complexity index is 364. The molecule has 0 aromatic rings. The molecule has 0 saturated heterocycles. The van der Waals surface area contributed by atoms with Crippen LogP contribution in [0.4, 0.5) is 0 Å². The predicted octanol–water partition coefficient (Wildman–Crippen LogP) is -2.00. The topological polar surface area (TPSA) is 119 Å². The van der Waals surface area contributed by atoms with Gasteiger partial charge in [-0.3, -0.25) is 9.59 Å². The van der Waals surface area contributed by atoms with E-state index in [1.165, 1.54) is 6.92 Å². The molecule has 100 valence electrons. The van der Waals surface area contributed by atoms with Crippen LogP contribution in [-0.2, 0) is 29.1 Å². The smallest absolute Gasteiger partial charge is 0.326 e. The van der Waals surface area contributed by atoms with Crippen LogP contribution in [0.2, 0.25) is 0 Å². The second-order valence-corrected chi connectivity index (χ2v) is 4.69. The Morgan fingerprint density at radius 3 is 2.41 bits per heavy atom. The van der Waals surface area contributed by atoms with Crippen LogP contribution in [0.25, 0.3) is 0 Å². The molecule has 0 aliphatic heterocycles. The molecule has 8 nitrogen and oxygen atoms in total. The number of aliphatic hydroxyl groups excluding tert-OH is 1. The minimum absolute atomic E-state index is 0.0504. The van der Waals surface area contributed by atoms with Crippen molar-refractivity contribution in [3.63, 3.8) is 0 Å². The first-order valence-electron chi connectivity index (χ1n) is 4.70. The second-order valence-electron chi connectivity index (χ2n) is 2.94. The summed E-state index contributed by atoms with van der Waals surface area (Å²) >= 11 is 0. The van der Waals surface area contributed by atoms with Crippen molar-refractivity contribution in [2.24, 2.45) is 0 Å². The number of carbonyl (C=O) groups excluding carboxylic acids is 2. The van der Waals surface area contributed by atoms with E-state index in [0.29, 0.717) is 0 Å². The number of sulfonamides is 1. The summed E-state index contributed by atoms with van der Waals surface area (Å²) < 4.78 is 33.3. The van der Waals surface area contributed by atoms with Gasteiger partial charge in [-0.1, -0.05) is 0 Å². The quantitative estimate of drug-likeness (QED) is 0.513. The van der Waals surface area contributed by atoms with Crippen molar-refractivity contribution in [3.05, 3.63) is 0 Å². The van der Waals surface area contributed by atoms with Crippen LogP contribution in [0, 0.1) is 0 Å². The summed E-state index contributed by atoms with van der Waals surface area (Å²) in [7, 11) is -3.01. The van der Waals surface area contributed by atoms with Crippen molar-refractivity contribution in [2.75, 3.05) is 26.1 Å². The lowest BCUT2D eigenvalue weighted by atomic mass is 10.3. The van der Waals surface area contributed by atoms with Gasteiger partial charge in [0.15, 0.2) is 5.75 Å². The zero-order valence-electron chi connectivity index (χ0n) is 9.50. The van der Waals surface area contributed by atoms with Gasteiger partial charge >= 0.3 is 11.9 Å². The lowest BCUT2D eigenvalue weighted by Gasteiger charge is -2.13. The predicted molar refractivity (Wildman–Crippen MR) is 56.4 cm³/mol. The molecule has 0 amide bonds. The van der Waals surface area contributed by atoms with Crippen molar-refractivity contribution < 1.29 is 32.6 Å². The van der Waals surface area contributed by atoms with E-state index in [1.54, 1.807) is 0 Å². The van der Waals surface area contributed by atoms with E-state index >= 15 is 0 Å². The Balaban J connectivity index is 4.52. The maximum Gasteiger partial charge on any atom is 0.326 e. The number of aliphatic hydroxyl groups is 1. The maximum atomic E-state index is 11.4. The molecule has 0 spiro atoms. The van der Waals surface area contributed by atoms with Crippen molar-refractivity contribution >= 4 is 22.0 Å².